The highest BCUT2D eigenvalue weighted by Crippen LogP contribution is 2.43. The smallest absolute Gasteiger partial charge is 0.337 e. The molecule has 1 aliphatic heterocycles. The molecule has 0 radical (unpaired) electrons. The van der Waals surface area contributed by atoms with Crippen LogP contribution in [0.25, 0.3) is 11.3 Å². The van der Waals surface area contributed by atoms with E-state index in [9.17, 15) is 4.79 Å². The van der Waals surface area contributed by atoms with Gasteiger partial charge in [-0.3, -0.25) is 4.98 Å². The highest BCUT2D eigenvalue weighted by molar-refractivity contribution is 7.80. The van der Waals surface area contributed by atoms with Crippen LogP contribution in [-0.2, 0) is 4.74 Å². The Balaban J connectivity index is 1.54. The summed E-state index contributed by atoms with van der Waals surface area (Å²) in [5, 5.41) is 4.63. The number of nitrogens with zero attached hydrogens (tertiary/aromatic N) is 2. The molecule has 170 valence electrons. The van der Waals surface area contributed by atoms with Crippen molar-refractivity contribution in [3.63, 3.8) is 0 Å². The molecular formula is C26H20ClN3O3S. The zero-order valence-electron chi connectivity index (χ0n) is 18.1. The predicted octanol–water partition coefficient (Wildman–Crippen LogP) is 5.96. The molecule has 4 aromatic rings. The van der Waals surface area contributed by atoms with E-state index in [0.29, 0.717) is 21.5 Å². The van der Waals surface area contributed by atoms with Crippen LogP contribution >= 0.6 is 23.8 Å². The number of benzene rings is 2. The molecule has 2 atom stereocenters. The van der Waals surface area contributed by atoms with Gasteiger partial charge in [0, 0.05) is 22.5 Å². The van der Waals surface area contributed by atoms with E-state index >= 15 is 0 Å². The number of carbonyl (C=O) groups excluding carboxylic acids is 1. The second-order valence-corrected chi connectivity index (χ2v) is 8.57. The number of hydrogen-bond acceptors (Lipinski definition) is 5. The van der Waals surface area contributed by atoms with Gasteiger partial charge in [-0.05, 0) is 72.9 Å². The fraction of sp³-hybridized carbons (Fsp3) is 0.115. The maximum atomic E-state index is 11.7. The molecule has 0 aliphatic carbocycles. The molecule has 3 heterocycles. The Kier molecular flexibility index (Phi) is 6.04. The fourth-order valence-electron chi connectivity index (χ4n) is 4.08. The van der Waals surface area contributed by atoms with Crippen molar-refractivity contribution in [3.8, 4) is 11.3 Å². The van der Waals surface area contributed by atoms with Crippen LogP contribution in [0.2, 0.25) is 5.02 Å². The first-order valence-electron chi connectivity index (χ1n) is 10.6. The summed E-state index contributed by atoms with van der Waals surface area (Å²) in [5.41, 5.74) is 3.07. The molecule has 0 saturated carbocycles. The van der Waals surface area contributed by atoms with Gasteiger partial charge in [0.25, 0.3) is 0 Å². The van der Waals surface area contributed by atoms with Gasteiger partial charge in [0.05, 0.1) is 24.4 Å². The zero-order valence-corrected chi connectivity index (χ0v) is 19.7. The number of nitrogens with one attached hydrogen (secondary N) is 1. The lowest BCUT2D eigenvalue weighted by molar-refractivity contribution is 0.0600. The lowest BCUT2D eigenvalue weighted by atomic mass is 10.0. The van der Waals surface area contributed by atoms with E-state index in [1.807, 2.05) is 71.6 Å². The Labute approximate surface area is 207 Å². The van der Waals surface area contributed by atoms with Gasteiger partial charge in [-0.25, -0.2) is 4.79 Å². The number of rotatable bonds is 5. The van der Waals surface area contributed by atoms with E-state index < -0.39 is 0 Å². The summed E-state index contributed by atoms with van der Waals surface area (Å²) in [5.74, 6) is 1.03. The Morgan fingerprint density at radius 3 is 2.50 bits per heavy atom. The SMILES string of the molecule is COC(=O)c1ccc(-c2ccc([C@@H]3[C@@H](c4ccccn4)NC(=S)N3c3ccc(Cl)cc3)o2)cc1. The molecule has 34 heavy (non-hydrogen) atoms. The molecule has 5 rings (SSSR count). The summed E-state index contributed by atoms with van der Waals surface area (Å²) in [6, 6.07) is 23.8. The number of halogens is 1. The average Bonchev–Trinajstić information content (AvgIpc) is 3.49. The van der Waals surface area contributed by atoms with Crippen LogP contribution in [0.1, 0.15) is 33.9 Å². The van der Waals surface area contributed by atoms with Crippen LogP contribution in [0.3, 0.4) is 0 Å². The summed E-state index contributed by atoms with van der Waals surface area (Å²) < 4.78 is 11.1. The van der Waals surface area contributed by atoms with Crippen LogP contribution in [0.15, 0.2) is 89.5 Å². The highest BCUT2D eigenvalue weighted by atomic mass is 35.5. The molecular weight excluding hydrogens is 470 g/mol. The van der Waals surface area contributed by atoms with Crippen LogP contribution < -0.4 is 10.2 Å². The molecule has 0 spiro atoms. The van der Waals surface area contributed by atoms with Gasteiger partial charge in [-0.15, -0.1) is 0 Å². The minimum Gasteiger partial charge on any atom is -0.465 e. The number of anilines is 1. The van der Waals surface area contributed by atoms with Gasteiger partial charge in [0.15, 0.2) is 5.11 Å². The zero-order chi connectivity index (χ0) is 23.7. The maximum Gasteiger partial charge on any atom is 0.337 e. The lowest BCUT2D eigenvalue weighted by Gasteiger charge is -2.26. The third-order valence-electron chi connectivity index (χ3n) is 5.71. The molecule has 2 aromatic heterocycles. The first-order chi connectivity index (χ1) is 16.5. The largest absolute Gasteiger partial charge is 0.465 e. The molecule has 1 aliphatic rings. The Hall–Kier alpha value is -3.68. The molecule has 0 amide bonds. The van der Waals surface area contributed by atoms with Gasteiger partial charge in [-0.2, -0.15) is 0 Å². The second-order valence-electron chi connectivity index (χ2n) is 7.74. The van der Waals surface area contributed by atoms with E-state index in [4.69, 9.17) is 33.0 Å². The fourth-order valence-corrected chi connectivity index (χ4v) is 4.55. The highest BCUT2D eigenvalue weighted by Gasteiger charge is 2.42. The van der Waals surface area contributed by atoms with E-state index in [2.05, 4.69) is 10.3 Å². The third kappa shape index (κ3) is 4.16. The van der Waals surface area contributed by atoms with Crippen molar-refractivity contribution in [2.75, 3.05) is 12.0 Å². The van der Waals surface area contributed by atoms with Crippen molar-refractivity contribution < 1.29 is 13.9 Å². The van der Waals surface area contributed by atoms with Gasteiger partial charge in [0.1, 0.15) is 17.6 Å². The minimum absolute atomic E-state index is 0.218. The molecule has 0 bridgehead atoms. The number of hydrogen-bond donors (Lipinski definition) is 1. The van der Waals surface area contributed by atoms with Crippen molar-refractivity contribution in [2.24, 2.45) is 0 Å². The lowest BCUT2D eigenvalue weighted by Crippen LogP contribution is -2.29. The van der Waals surface area contributed by atoms with Crippen molar-refractivity contribution >= 4 is 40.6 Å². The summed E-state index contributed by atoms with van der Waals surface area (Å²) in [6.07, 6.45) is 1.76. The molecule has 1 saturated heterocycles. The van der Waals surface area contributed by atoms with Crippen molar-refractivity contribution in [3.05, 3.63) is 107 Å². The average molecular weight is 490 g/mol. The summed E-state index contributed by atoms with van der Waals surface area (Å²) >= 11 is 11.8. The van der Waals surface area contributed by atoms with E-state index in [0.717, 1.165) is 22.7 Å². The molecule has 6 nitrogen and oxygen atoms in total. The summed E-state index contributed by atoms with van der Waals surface area (Å²) in [4.78, 5) is 18.3. The van der Waals surface area contributed by atoms with Crippen LogP contribution in [0.5, 0.6) is 0 Å². The predicted molar refractivity (Wildman–Crippen MR) is 135 cm³/mol. The number of methoxy groups -OCH3 is 1. The number of aromatic nitrogens is 1. The maximum absolute atomic E-state index is 11.7. The molecule has 1 fully saturated rings. The molecule has 1 N–H and O–H groups in total. The summed E-state index contributed by atoms with van der Waals surface area (Å²) in [7, 11) is 1.36. The first-order valence-corrected chi connectivity index (χ1v) is 11.4. The van der Waals surface area contributed by atoms with Crippen LogP contribution in [0, 0.1) is 0 Å². The number of thiocarbonyl (C=S) groups is 1. The minimum atomic E-state index is -0.381. The number of ether oxygens (including phenoxy) is 1. The number of pyridine rings is 1. The van der Waals surface area contributed by atoms with Gasteiger partial charge in [0.2, 0.25) is 0 Å². The number of furan rings is 1. The van der Waals surface area contributed by atoms with Crippen molar-refractivity contribution in [1.82, 2.24) is 10.3 Å². The first kappa shape index (κ1) is 22.1. The van der Waals surface area contributed by atoms with Crippen molar-refractivity contribution in [2.45, 2.75) is 12.1 Å². The van der Waals surface area contributed by atoms with Gasteiger partial charge >= 0.3 is 5.97 Å². The molecule has 0 unspecified atom stereocenters. The number of carbonyl (C=O) groups is 1. The topological polar surface area (TPSA) is 67.6 Å². The van der Waals surface area contributed by atoms with Gasteiger partial charge < -0.3 is 19.4 Å². The third-order valence-corrected chi connectivity index (χ3v) is 6.28. The number of esters is 1. The normalized spacial score (nSPS) is 17.5. The van der Waals surface area contributed by atoms with Crippen molar-refractivity contribution in [1.29, 1.82) is 0 Å². The van der Waals surface area contributed by atoms with E-state index in [-0.39, 0.29) is 18.1 Å². The quantitative estimate of drug-likeness (QED) is 0.274. The van der Waals surface area contributed by atoms with Crippen LogP contribution in [-0.4, -0.2) is 23.2 Å². The summed E-state index contributed by atoms with van der Waals surface area (Å²) in [6.45, 7) is 0. The Morgan fingerprint density at radius 2 is 1.82 bits per heavy atom. The Bertz CT molecular complexity index is 1320. The van der Waals surface area contributed by atoms with E-state index in [1.54, 1.807) is 18.3 Å². The monoisotopic (exact) mass is 489 g/mol. The standard InChI is InChI=1S/C26H20ClN3O3S/c1-32-25(31)17-7-5-16(6-8-17)21-13-14-22(33-21)24-23(20-4-2-3-15-28-20)29-26(34)30(24)19-11-9-18(27)10-12-19/h2-15,23-24H,1H3,(H,29,34)/t23-,24-/m1/s1. The van der Waals surface area contributed by atoms with Crippen LogP contribution in [0.4, 0.5) is 5.69 Å². The van der Waals surface area contributed by atoms with Gasteiger partial charge in [-0.1, -0.05) is 29.8 Å². The van der Waals surface area contributed by atoms with E-state index in [1.165, 1.54) is 7.11 Å². The Morgan fingerprint density at radius 1 is 1.06 bits per heavy atom. The second kappa shape index (κ2) is 9.29. The molecule has 2 aromatic carbocycles. The molecule has 8 heteroatoms.